The number of ether oxygens (including phenoxy) is 1. The Morgan fingerprint density at radius 2 is 2.21 bits per heavy atom. The van der Waals surface area contributed by atoms with Crippen molar-refractivity contribution in [2.45, 2.75) is 25.9 Å². The molecule has 1 aromatic carbocycles. The lowest BCUT2D eigenvalue weighted by Crippen LogP contribution is -2.57. The van der Waals surface area contributed by atoms with Gasteiger partial charge in [-0.25, -0.2) is 0 Å². The molecule has 2 N–H and O–H groups in total. The Morgan fingerprint density at radius 1 is 1.42 bits per heavy atom. The van der Waals surface area contributed by atoms with Crippen LogP contribution in [0, 0.1) is 13.8 Å². The smallest absolute Gasteiger partial charge is 0.257 e. The van der Waals surface area contributed by atoms with Crippen molar-refractivity contribution in [2.24, 2.45) is 0 Å². The number of nitrogens with one attached hydrogen (secondary N) is 1. The molecule has 2 heterocycles. The molecule has 6 nitrogen and oxygen atoms in total. The van der Waals surface area contributed by atoms with E-state index in [0.717, 1.165) is 16.8 Å². The van der Waals surface area contributed by atoms with E-state index in [1.807, 2.05) is 38.1 Å². The van der Waals surface area contributed by atoms with Crippen molar-refractivity contribution in [3.05, 3.63) is 52.8 Å². The van der Waals surface area contributed by atoms with Gasteiger partial charge in [0.2, 0.25) is 0 Å². The summed E-state index contributed by atoms with van der Waals surface area (Å²) in [6.45, 7) is 5.03. The maximum Gasteiger partial charge on any atom is 0.257 e. The number of nitrogens with zero attached hydrogens (tertiary/aromatic N) is 2. The zero-order valence-electron chi connectivity index (χ0n) is 14.1. The molecule has 1 aliphatic heterocycles. The summed E-state index contributed by atoms with van der Waals surface area (Å²) in [7, 11) is 0. The predicted octanol–water partition coefficient (Wildman–Crippen LogP) is 1.47. The normalized spacial score (nSPS) is 21.0. The van der Waals surface area contributed by atoms with Crippen LogP contribution in [0.5, 0.6) is 0 Å². The fraction of sp³-hybridized carbons (Fsp3) is 0.444. The van der Waals surface area contributed by atoms with Gasteiger partial charge in [-0.15, -0.1) is 0 Å². The van der Waals surface area contributed by atoms with Crippen molar-refractivity contribution in [2.75, 3.05) is 26.3 Å². The van der Waals surface area contributed by atoms with Crippen LogP contribution in [0.4, 0.5) is 0 Å². The molecule has 0 radical (unpaired) electrons. The summed E-state index contributed by atoms with van der Waals surface area (Å²) in [5.41, 5.74) is 2.83. The van der Waals surface area contributed by atoms with Gasteiger partial charge in [0, 0.05) is 18.7 Å². The number of hydrogen-bond acceptors (Lipinski definition) is 4. The highest BCUT2D eigenvalue weighted by Crippen LogP contribution is 2.25. The third-order valence-corrected chi connectivity index (χ3v) is 4.66. The molecule has 3 rings (SSSR count). The SMILES string of the molecule is Cc1ccccc1C[C@@]1(CO)CN(C(=O)c2cn[nH]c2C)CCO1. The molecular weight excluding hydrogens is 306 g/mol. The molecule has 0 saturated carbocycles. The molecule has 1 aliphatic rings. The second-order valence-electron chi connectivity index (χ2n) is 6.43. The Morgan fingerprint density at radius 3 is 2.88 bits per heavy atom. The number of aromatic nitrogens is 2. The number of rotatable bonds is 4. The number of aryl methyl sites for hydroxylation is 2. The molecule has 1 aromatic heterocycles. The van der Waals surface area contributed by atoms with Gasteiger partial charge in [0.1, 0.15) is 5.60 Å². The van der Waals surface area contributed by atoms with E-state index in [0.29, 0.717) is 31.7 Å². The summed E-state index contributed by atoms with van der Waals surface area (Å²) in [6.07, 6.45) is 2.12. The second-order valence-corrected chi connectivity index (χ2v) is 6.43. The van der Waals surface area contributed by atoms with E-state index in [1.54, 1.807) is 11.1 Å². The Labute approximate surface area is 141 Å². The van der Waals surface area contributed by atoms with Gasteiger partial charge in [-0.05, 0) is 25.0 Å². The van der Waals surface area contributed by atoms with Crippen LogP contribution >= 0.6 is 0 Å². The first-order chi connectivity index (χ1) is 11.5. The minimum atomic E-state index is -0.766. The van der Waals surface area contributed by atoms with Gasteiger partial charge in [-0.1, -0.05) is 24.3 Å². The van der Waals surface area contributed by atoms with Crippen molar-refractivity contribution >= 4 is 5.91 Å². The zero-order valence-corrected chi connectivity index (χ0v) is 14.1. The van der Waals surface area contributed by atoms with E-state index in [4.69, 9.17) is 4.74 Å². The highest BCUT2D eigenvalue weighted by molar-refractivity contribution is 5.95. The molecule has 0 aliphatic carbocycles. The summed E-state index contributed by atoms with van der Waals surface area (Å²) < 4.78 is 5.93. The first-order valence-corrected chi connectivity index (χ1v) is 8.13. The summed E-state index contributed by atoms with van der Waals surface area (Å²) >= 11 is 0. The third-order valence-electron chi connectivity index (χ3n) is 4.66. The molecule has 128 valence electrons. The number of carbonyl (C=O) groups excluding carboxylic acids is 1. The number of benzene rings is 1. The minimum Gasteiger partial charge on any atom is -0.393 e. The van der Waals surface area contributed by atoms with E-state index < -0.39 is 5.60 Å². The largest absolute Gasteiger partial charge is 0.393 e. The number of aliphatic hydroxyl groups is 1. The van der Waals surface area contributed by atoms with Crippen molar-refractivity contribution < 1.29 is 14.6 Å². The summed E-state index contributed by atoms with van der Waals surface area (Å²) in [5, 5.41) is 16.7. The maximum atomic E-state index is 12.7. The van der Waals surface area contributed by atoms with Crippen LogP contribution in [0.25, 0.3) is 0 Å². The molecule has 1 fully saturated rings. The number of aromatic amines is 1. The topological polar surface area (TPSA) is 78.5 Å². The highest BCUT2D eigenvalue weighted by atomic mass is 16.5. The highest BCUT2D eigenvalue weighted by Gasteiger charge is 2.39. The van der Waals surface area contributed by atoms with E-state index in [-0.39, 0.29) is 12.5 Å². The average molecular weight is 329 g/mol. The van der Waals surface area contributed by atoms with Crippen LogP contribution in [-0.2, 0) is 11.2 Å². The number of morpholine rings is 1. The van der Waals surface area contributed by atoms with Crippen LogP contribution in [0.3, 0.4) is 0 Å². The minimum absolute atomic E-state index is 0.0767. The van der Waals surface area contributed by atoms with Gasteiger partial charge in [0.15, 0.2) is 0 Å². The Kier molecular flexibility index (Phi) is 4.69. The standard InChI is InChI=1S/C18H23N3O3/c1-13-5-3-4-6-15(13)9-18(12-22)11-21(7-8-24-18)17(23)16-10-19-20-14(16)2/h3-6,10,22H,7-9,11-12H2,1-2H3,(H,19,20)/t18-/m0/s1. The van der Waals surface area contributed by atoms with Crippen LogP contribution < -0.4 is 0 Å². The molecule has 0 spiro atoms. The lowest BCUT2D eigenvalue weighted by molar-refractivity contribution is -0.123. The molecule has 1 amide bonds. The van der Waals surface area contributed by atoms with E-state index in [9.17, 15) is 9.90 Å². The molecule has 0 bridgehead atoms. The van der Waals surface area contributed by atoms with Gasteiger partial charge >= 0.3 is 0 Å². The summed E-state index contributed by atoms with van der Waals surface area (Å²) in [4.78, 5) is 14.5. The summed E-state index contributed by atoms with van der Waals surface area (Å²) in [5.74, 6) is -0.0767. The second kappa shape index (κ2) is 6.75. The predicted molar refractivity (Wildman–Crippen MR) is 89.9 cm³/mol. The molecular formula is C18H23N3O3. The molecule has 6 heteroatoms. The first kappa shape index (κ1) is 16.7. The fourth-order valence-electron chi connectivity index (χ4n) is 3.17. The van der Waals surface area contributed by atoms with Gasteiger partial charge in [0.25, 0.3) is 5.91 Å². The maximum absolute atomic E-state index is 12.7. The molecule has 1 saturated heterocycles. The summed E-state index contributed by atoms with van der Waals surface area (Å²) in [6, 6.07) is 8.05. The Hall–Kier alpha value is -2.18. The lowest BCUT2D eigenvalue weighted by Gasteiger charge is -2.42. The Balaban J connectivity index is 1.81. The first-order valence-electron chi connectivity index (χ1n) is 8.13. The van der Waals surface area contributed by atoms with Crippen molar-refractivity contribution in [3.63, 3.8) is 0 Å². The third kappa shape index (κ3) is 3.20. The van der Waals surface area contributed by atoms with E-state index in [2.05, 4.69) is 10.2 Å². The van der Waals surface area contributed by atoms with E-state index in [1.165, 1.54) is 0 Å². The molecule has 0 unspecified atom stereocenters. The zero-order chi connectivity index (χ0) is 17.2. The fourth-order valence-corrected chi connectivity index (χ4v) is 3.17. The average Bonchev–Trinajstić information content (AvgIpc) is 3.02. The quantitative estimate of drug-likeness (QED) is 0.890. The van der Waals surface area contributed by atoms with Crippen LogP contribution in [0.1, 0.15) is 27.2 Å². The number of amides is 1. The van der Waals surface area contributed by atoms with Crippen molar-refractivity contribution in [1.82, 2.24) is 15.1 Å². The number of aliphatic hydroxyl groups excluding tert-OH is 1. The van der Waals surface area contributed by atoms with Crippen LogP contribution in [0.2, 0.25) is 0 Å². The van der Waals surface area contributed by atoms with Crippen LogP contribution in [-0.4, -0.2) is 58.0 Å². The number of carbonyl (C=O) groups is 1. The van der Waals surface area contributed by atoms with Gasteiger partial charge in [0.05, 0.1) is 31.5 Å². The van der Waals surface area contributed by atoms with Crippen molar-refractivity contribution in [3.8, 4) is 0 Å². The molecule has 2 aromatic rings. The number of hydrogen-bond donors (Lipinski definition) is 2. The van der Waals surface area contributed by atoms with Gasteiger partial charge in [-0.2, -0.15) is 5.10 Å². The monoisotopic (exact) mass is 329 g/mol. The lowest BCUT2D eigenvalue weighted by atomic mass is 9.90. The van der Waals surface area contributed by atoms with Crippen LogP contribution in [0.15, 0.2) is 30.5 Å². The van der Waals surface area contributed by atoms with Gasteiger partial charge < -0.3 is 14.7 Å². The van der Waals surface area contributed by atoms with Crippen molar-refractivity contribution in [1.29, 1.82) is 0 Å². The van der Waals surface area contributed by atoms with Gasteiger partial charge in [-0.3, -0.25) is 9.89 Å². The molecule has 24 heavy (non-hydrogen) atoms. The molecule has 1 atom stereocenters. The van der Waals surface area contributed by atoms with E-state index >= 15 is 0 Å². The number of H-pyrrole nitrogens is 1. The Bertz CT molecular complexity index is 728.